The number of rotatable bonds is 4. The van der Waals surface area contributed by atoms with Crippen LogP contribution >= 0.6 is 23.2 Å². The van der Waals surface area contributed by atoms with E-state index in [0.717, 1.165) is 16.9 Å². The monoisotopic (exact) mass is 463 g/mol. The summed E-state index contributed by atoms with van der Waals surface area (Å²) in [7, 11) is -3.89. The van der Waals surface area contributed by atoms with Crippen molar-refractivity contribution in [2.75, 3.05) is 36.0 Å². The summed E-state index contributed by atoms with van der Waals surface area (Å²) in [6, 6.07) is 12.7. The number of pyridine rings is 2. The second-order valence-corrected chi connectivity index (χ2v) is 9.19. The van der Waals surface area contributed by atoms with Crippen molar-refractivity contribution in [3.63, 3.8) is 0 Å². The number of hydrogen-bond acceptors (Lipinski definition) is 6. The maximum atomic E-state index is 11.9. The highest BCUT2D eigenvalue weighted by atomic mass is 35.5. The third-order valence-electron chi connectivity index (χ3n) is 4.95. The lowest BCUT2D eigenvalue weighted by Crippen LogP contribution is -2.47. The van der Waals surface area contributed by atoms with Crippen LogP contribution in [0.3, 0.4) is 0 Å². The Labute approximate surface area is 185 Å². The minimum Gasteiger partial charge on any atom is -0.366 e. The largest absolute Gasteiger partial charge is 0.366 e. The summed E-state index contributed by atoms with van der Waals surface area (Å²) in [5.41, 5.74) is 2.30. The van der Waals surface area contributed by atoms with Gasteiger partial charge >= 0.3 is 0 Å². The molecular formula is C20H19Cl2N5O2S. The Kier molecular flexibility index (Phi) is 5.84. The second kappa shape index (κ2) is 8.39. The average Bonchev–Trinajstić information content (AvgIpc) is 2.75. The van der Waals surface area contributed by atoms with Crippen LogP contribution < -0.4 is 14.9 Å². The predicted molar refractivity (Wildman–Crippen MR) is 120 cm³/mol. The van der Waals surface area contributed by atoms with Crippen LogP contribution in [-0.2, 0) is 10.0 Å². The second-order valence-electron chi connectivity index (χ2n) is 6.87. The smallest absolute Gasteiger partial charge is 0.257 e. The minimum absolute atomic E-state index is 0.103. The molecule has 1 fully saturated rings. The fraction of sp³-hybridized carbons (Fsp3) is 0.200. The third-order valence-corrected chi connectivity index (χ3v) is 6.37. The van der Waals surface area contributed by atoms with Crippen molar-refractivity contribution < 1.29 is 8.42 Å². The molecule has 0 spiro atoms. The Hall–Kier alpha value is -2.39. The van der Waals surface area contributed by atoms with Gasteiger partial charge in [0, 0.05) is 54.2 Å². The van der Waals surface area contributed by atoms with E-state index in [-0.39, 0.29) is 5.03 Å². The zero-order valence-electron chi connectivity index (χ0n) is 15.9. The van der Waals surface area contributed by atoms with Crippen molar-refractivity contribution in [3.8, 4) is 11.1 Å². The summed E-state index contributed by atoms with van der Waals surface area (Å²) in [5.74, 6) is 0.820. The summed E-state index contributed by atoms with van der Waals surface area (Å²) in [6.45, 7) is 2.55. The van der Waals surface area contributed by atoms with Gasteiger partial charge < -0.3 is 9.80 Å². The molecular weight excluding hydrogens is 445 g/mol. The number of anilines is 2. The van der Waals surface area contributed by atoms with Gasteiger partial charge in [-0.3, -0.25) is 0 Å². The van der Waals surface area contributed by atoms with Gasteiger partial charge in [0.1, 0.15) is 5.82 Å². The minimum atomic E-state index is -3.89. The molecule has 1 saturated heterocycles. The van der Waals surface area contributed by atoms with Crippen molar-refractivity contribution >= 4 is 44.7 Å². The van der Waals surface area contributed by atoms with Crippen LogP contribution in [0.5, 0.6) is 0 Å². The maximum absolute atomic E-state index is 11.9. The SMILES string of the molecule is NS(=O)(=O)c1ncccc1N1CCN(c2cc(-c3cc(Cl)ccc3Cl)ccn2)CC1. The van der Waals surface area contributed by atoms with Crippen molar-refractivity contribution in [1.82, 2.24) is 9.97 Å². The molecule has 0 atom stereocenters. The molecule has 3 heterocycles. The van der Waals surface area contributed by atoms with Crippen molar-refractivity contribution in [2.45, 2.75) is 5.03 Å². The van der Waals surface area contributed by atoms with E-state index in [0.29, 0.717) is 41.9 Å². The summed E-state index contributed by atoms with van der Waals surface area (Å²) in [5, 5.41) is 6.45. The molecule has 1 aliphatic heterocycles. The number of benzene rings is 1. The summed E-state index contributed by atoms with van der Waals surface area (Å²) in [4.78, 5) is 12.6. The molecule has 10 heteroatoms. The predicted octanol–water partition coefficient (Wildman–Crippen LogP) is 3.42. The molecule has 1 aliphatic rings. The van der Waals surface area contributed by atoms with E-state index >= 15 is 0 Å². The third kappa shape index (κ3) is 4.37. The van der Waals surface area contributed by atoms with Gasteiger partial charge in [0.15, 0.2) is 5.03 Å². The number of aromatic nitrogens is 2. The lowest BCUT2D eigenvalue weighted by Gasteiger charge is -2.37. The van der Waals surface area contributed by atoms with Crippen LogP contribution in [-0.4, -0.2) is 44.6 Å². The first kappa shape index (κ1) is 20.9. The number of nitrogens with zero attached hydrogens (tertiary/aromatic N) is 4. The van der Waals surface area contributed by atoms with Crippen LogP contribution in [0.2, 0.25) is 10.0 Å². The van der Waals surface area contributed by atoms with Gasteiger partial charge in [0.25, 0.3) is 10.0 Å². The first-order chi connectivity index (χ1) is 14.3. The van der Waals surface area contributed by atoms with Crippen LogP contribution in [0.15, 0.2) is 59.9 Å². The molecule has 30 heavy (non-hydrogen) atoms. The Morgan fingerprint density at radius 1 is 0.900 bits per heavy atom. The van der Waals surface area contributed by atoms with Crippen LogP contribution in [0, 0.1) is 0 Å². The van der Waals surface area contributed by atoms with E-state index < -0.39 is 10.0 Å². The van der Waals surface area contributed by atoms with Crippen molar-refractivity contribution in [1.29, 1.82) is 0 Å². The molecule has 7 nitrogen and oxygen atoms in total. The first-order valence-electron chi connectivity index (χ1n) is 9.22. The molecule has 0 amide bonds. The van der Waals surface area contributed by atoms with E-state index in [1.165, 1.54) is 6.20 Å². The van der Waals surface area contributed by atoms with Crippen LogP contribution in [0.25, 0.3) is 11.1 Å². The highest BCUT2D eigenvalue weighted by molar-refractivity contribution is 7.89. The molecule has 156 valence electrons. The molecule has 0 saturated carbocycles. The number of halogens is 2. The normalized spacial score (nSPS) is 14.8. The van der Waals surface area contributed by atoms with Gasteiger partial charge in [-0.15, -0.1) is 0 Å². The summed E-state index contributed by atoms with van der Waals surface area (Å²) in [6.07, 6.45) is 3.17. The molecule has 0 radical (unpaired) electrons. The highest BCUT2D eigenvalue weighted by Crippen LogP contribution is 2.32. The zero-order valence-corrected chi connectivity index (χ0v) is 18.2. The van der Waals surface area contributed by atoms with E-state index in [4.69, 9.17) is 28.3 Å². The van der Waals surface area contributed by atoms with Gasteiger partial charge in [0.2, 0.25) is 0 Å². The van der Waals surface area contributed by atoms with Gasteiger partial charge in [0.05, 0.1) is 5.69 Å². The fourth-order valence-electron chi connectivity index (χ4n) is 3.50. The molecule has 0 bridgehead atoms. The molecule has 2 N–H and O–H groups in total. The quantitative estimate of drug-likeness (QED) is 0.636. The van der Waals surface area contributed by atoms with Gasteiger partial charge in [-0.1, -0.05) is 23.2 Å². The summed E-state index contributed by atoms with van der Waals surface area (Å²) < 4.78 is 23.7. The summed E-state index contributed by atoms with van der Waals surface area (Å²) >= 11 is 12.5. The van der Waals surface area contributed by atoms with E-state index in [1.807, 2.05) is 23.1 Å². The van der Waals surface area contributed by atoms with Gasteiger partial charge in [-0.2, -0.15) is 0 Å². The molecule has 2 aromatic heterocycles. The van der Waals surface area contributed by atoms with E-state index in [2.05, 4.69) is 14.9 Å². The molecule has 3 aromatic rings. The van der Waals surface area contributed by atoms with Gasteiger partial charge in [-0.05, 0) is 48.0 Å². The Morgan fingerprint density at radius 3 is 2.37 bits per heavy atom. The number of piperazine rings is 1. The number of hydrogen-bond donors (Lipinski definition) is 1. The Morgan fingerprint density at radius 2 is 1.63 bits per heavy atom. The molecule has 4 rings (SSSR count). The highest BCUT2D eigenvalue weighted by Gasteiger charge is 2.24. The fourth-order valence-corrected chi connectivity index (χ4v) is 4.59. The topological polar surface area (TPSA) is 92.4 Å². The Bertz CT molecular complexity index is 1180. The zero-order chi connectivity index (χ0) is 21.3. The number of nitrogens with two attached hydrogens (primary N) is 1. The lowest BCUT2D eigenvalue weighted by molar-refractivity contribution is 0.591. The van der Waals surface area contributed by atoms with E-state index in [9.17, 15) is 8.42 Å². The van der Waals surface area contributed by atoms with Crippen molar-refractivity contribution in [2.24, 2.45) is 5.14 Å². The van der Waals surface area contributed by atoms with Crippen LogP contribution in [0.1, 0.15) is 0 Å². The van der Waals surface area contributed by atoms with Gasteiger partial charge in [-0.25, -0.2) is 23.5 Å². The Balaban J connectivity index is 1.54. The van der Waals surface area contributed by atoms with Crippen molar-refractivity contribution in [3.05, 3.63) is 64.9 Å². The average molecular weight is 464 g/mol. The molecule has 0 aliphatic carbocycles. The molecule has 0 unspecified atom stereocenters. The number of sulfonamides is 1. The number of primary sulfonamides is 1. The first-order valence-corrected chi connectivity index (χ1v) is 11.5. The standard InChI is InChI=1S/C20H19Cl2N5O2S/c21-15-3-4-17(22)16(13-15)14-5-7-24-19(12-14)27-10-8-26(9-11-27)18-2-1-6-25-20(18)30(23,28)29/h1-7,12-13H,8-11H2,(H2,23,28,29). The molecule has 1 aromatic carbocycles. The van der Waals surface area contributed by atoms with E-state index in [1.54, 1.807) is 30.5 Å². The maximum Gasteiger partial charge on any atom is 0.257 e. The lowest BCUT2D eigenvalue weighted by atomic mass is 10.1. The van der Waals surface area contributed by atoms with Crippen LogP contribution in [0.4, 0.5) is 11.5 Å².